The van der Waals surface area contributed by atoms with Crippen molar-refractivity contribution < 1.29 is 4.92 Å². The van der Waals surface area contributed by atoms with Crippen LogP contribution < -0.4 is 5.32 Å². The fourth-order valence-corrected chi connectivity index (χ4v) is 1.39. The van der Waals surface area contributed by atoms with E-state index < -0.39 is 4.92 Å². The Labute approximate surface area is 97.0 Å². The van der Waals surface area contributed by atoms with E-state index in [-0.39, 0.29) is 11.5 Å². The molecule has 0 spiro atoms. The second kappa shape index (κ2) is 4.20. The number of hydrogen-bond acceptors (Lipinski definition) is 5. The van der Waals surface area contributed by atoms with Crippen molar-refractivity contribution in [1.82, 2.24) is 15.2 Å². The van der Waals surface area contributed by atoms with E-state index in [0.717, 1.165) is 11.3 Å². The summed E-state index contributed by atoms with van der Waals surface area (Å²) in [5.74, 6) is 0.213. The van der Waals surface area contributed by atoms with Gasteiger partial charge >= 0.3 is 5.69 Å². The minimum Gasteiger partial charge on any atom is -0.332 e. The van der Waals surface area contributed by atoms with Crippen molar-refractivity contribution in [3.05, 3.63) is 39.8 Å². The molecule has 0 saturated heterocycles. The Bertz CT molecular complexity index is 564. The molecule has 0 atom stereocenters. The number of pyridine rings is 1. The fourth-order valence-electron chi connectivity index (χ4n) is 1.39. The Hall–Kier alpha value is -2.44. The first kappa shape index (κ1) is 11.1. The lowest BCUT2D eigenvalue weighted by molar-refractivity contribution is -0.384. The molecule has 0 aromatic carbocycles. The van der Waals surface area contributed by atoms with E-state index in [0.29, 0.717) is 5.69 Å². The maximum atomic E-state index is 10.9. The lowest BCUT2D eigenvalue weighted by Gasteiger charge is -2.05. The summed E-state index contributed by atoms with van der Waals surface area (Å²) < 4.78 is 0. The Morgan fingerprint density at radius 1 is 1.41 bits per heavy atom. The van der Waals surface area contributed by atoms with Gasteiger partial charge in [-0.1, -0.05) is 0 Å². The Balaban J connectivity index is 2.39. The predicted octanol–water partition coefficient (Wildman–Crippen LogP) is 2.07. The number of rotatable bonds is 3. The average molecular weight is 233 g/mol. The van der Waals surface area contributed by atoms with Crippen molar-refractivity contribution in [3.8, 4) is 0 Å². The third kappa shape index (κ3) is 2.22. The molecule has 0 amide bonds. The SMILES string of the molecule is Cc1cnc(Nc2cn[nH]c2C)c([N+](=O)[O-])c1. The zero-order valence-corrected chi connectivity index (χ0v) is 9.39. The van der Waals surface area contributed by atoms with Crippen LogP contribution in [0.4, 0.5) is 17.2 Å². The molecule has 2 aromatic rings. The van der Waals surface area contributed by atoms with Crippen LogP contribution in [0.1, 0.15) is 11.3 Å². The lowest BCUT2D eigenvalue weighted by Crippen LogP contribution is -2.00. The second-order valence-electron chi connectivity index (χ2n) is 3.67. The maximum absolute atomic E-state index is 10.9. The van der Waals surface area contributed by atoms with Crippen LogP contribution in [0, 0.1) is 24.0 Å². The van der Waals surface area contributed by atoms with Crippen molar-refractivity contribution >= 4 is 17.2 Å². The van der Waals surface area contributed by atoms with Crippen LogP contribution in [0.15, 0.2) is 18.5 Å². The largest absolute Gasteiger partial charge is 0.332 e. The van der Waals surface area contributed by atoms with Gasteiger partial charge in [0.05, 0.1) is 22.5 Å². The highest BCUT2D eigenvalue weighted by atomic mass is 16.6. The van der Waals surface area contributed by atoms with E-state index in [2.05, 4.69) is 20.5 Å². The van der Waals surface area contributed by atoms with E-state index in [1.807, 2.05) is 6.92 Å². The molecule has 7 nitrogen and oxygen atoms in total. The molecule has 0 aliphatic rings. The van der Waals surface area contributed by atoms with Crippen molar-refractivity contribution in [2.24, 2.45) is 0 Å². The Morgan fingerprint density at radius 3 is 2.76 bits per heavy atom. The van der Waals surface area contributed by atoms with Crippen molar-refractivity contribution in [2.45, 2.75) is 13.8 Å². The van der Waals surface area contributed by atoms with Gasteiger partial charge in [0.15, 0.2) is 0 Å². The summed E-state index contributed by atoms with van der Waals surface area (Å²) >= 11 is 0. The third-order valence-electron chi connectivity index (χ3n) is 2.28. The lowest BCUT2D eigenvalue weighted by atomic mass is 10.3. The molecule has 2 rings (SSSR count). The molecule has 0 aliphatic heterocycles. The van der Waals surface area contributed by atoms with Gasteiger partial charge in [-0.15, -0.1) is 0 Å². The number of hydrogen-bond donors (Lipinski definition) is 2. The van der Waals surface area contributed by atoms with Crippen LogP contribution in [-0.4, -0.2) is 20.1 Å². The molecule has 0 radical (unpaired) electrons. The topological polar surface area (TPSA) is 96.7 Å². The fraction of sp³-hybridized carbons (Fsp3) is 0.200. The van der Waals surface area contributed by atoms with E-state index in [1.54, 1.807) is 19.3 Å². The van der Waals surface area contributed by atoms with Crippen LogP contribution in [0.2, 0.25) is 0 Å². The molecule has 0 aliphatic carbocycles. The first-order chi connectivity index (χ1) is 8.08. The van der Waals surface area contributed by atoms with Gasteiger partial charge in [-0.25, -0.2) is 4.98 Å². The van der Waals surface area contributed by atoms with Gasteiger partial charge in [-0.05, 0) is 19.4 Å². The second-order valence-corrected chi connectivity index (χ2v) is 3.67. The number of aromatic amines is 1. The summed E-state index contributed by atoms with van der Waals surface area (Å²) in [7, 11) is 0. The number of anilines is 2. The van der Waals surface area contributed by atoms with Gasteiger partial charge in [-0.3, -0.25) is 15.2 Å². The standard InChI is InChI=1S/C10H11N5O2/c1-6-3-9(15(16)17)10(11-4-6)13-8-5-12-14-7(8)2/h3-5H,1-2H3,(H,11,13)(H,12,14). The number of H-pyrrole nitrogens is 1. The molecule has 0 unspecified atom stereocenters. The van der Waals surface area contributed by atoms with Gasteiger partial charge < -0.3 is 5.32 Å². The van der Waals surface area contributed by atoms with Crippen molar-refractivity contribution in [2.75, 3.05) is 5.32 Å². The highest BCUT2D eigenvalue weighted by Gasteiger charge is 2.16. The summed E-state index contributed by atoms with van der Waals surface area (Å²) in [6.07, 6.45) is 3.13. The average Bonchev–Trinajstić information content (AvgIpc) is 2.67. The van der Waals surface area contributed by atoms with E-state index in [1.165, 1.54) is 6.07 Å². The minimum absolute atomic E-state index is 0.0504. The minimum atomic E-state index is -0.461. The quantitative estimate of drug-likeness (QED) is 0.624. The molecule has 2 N–H and O–H groups in total. The summed E-state index contributed by atoms with van der Waals surface area (Å²) in [5, 5.41) is 20.3. The van der Waals surface area contributed by atoms with Gasteiger partial charge in [0.1, 0.15) is 0 Å². The van der Waals surface area contributed by atoms with Gasteiger partial charge in [-0.2, -0.15) is 5.10 Å². The first-order valence-corrected chi connectivity index (χ1v) is 4.96. The molecule has 0 fully saturated rings. The van der Waals surface area contributed by atoms with Crippen molar-refractivity contribution in [3.63, 3.8) is 0 Å². The van der Waals surface area contributed by atoms with E-state index in [4.69, 9.17) is 0 Å². The highest BCUT2D eigenvalue weighted by Crippen LogP contribution is 2.26. The molecule has 0 bridgehead atoms. The van der Waals surface area contributed by atoms with Gasteiger partial charge in [0.25, 0.3) is 0 Å². The smallest absolute Gasteiger partial charge is 0.311 e. The van der Waals surface area contributed by atoms with Crippen LogP contribution in [0.5, 0.6) is 0 Å². The van der Waals surface area contributed by atoms with Crippen LogP contribution in [0.3, 0.4) is 0 Å². The number of nitrogens with one attached hydrogen (secondary N) is 2. The molecule has 17 heavy (non-hydrogen) atoms. The van der Waals surface area contributed by atoms with E-state index in [9.17, 15) is 10.1 Å². The van der Waals surface area contributed by atoms with Gasteiger partial charge in [0, 0.05) is 12.3 Å². The first-order valence-electron chi connectivity index (χ1n) is 4.96. The van der Waals surface area contributed by atoms with Crippen LogP contribution in [0.25, 0.3) is 0 Å². The summed E-state index contributed by atoms with van der Waals surface area (Å²) in [4.78, 5) is 14.4. The Morgan fingerprint density at radius 2 is 2.18 bits per heavy atom. The number of nitrogens with zero attached hydrogens (tertiary/aromatic N) is 3. The normalized spacial score (nSPS) is 10.2. The van der Waals surface area contributed by atoms with Crippen LogP contribution in [-0.2, 0) is 0 Å². The molecule has 88 valence electrons. The monoisotopic (exact) mass is 233 g/mol. The Kier molecular flexibility index (Phi) is 2.73. The summed E-state index contributed by atoms with van der Waals surface area (Å²) in [6.45, 7) is 3.57. The number of nitro groups is 1. The molecular formula is C10H11N5O2. The number of aryl methyl sites for hydroxylation is 2. The molecule has 0 saturated carbocycles. The van der Waals surface area contributed by atoms with Gasteiger partial charge in [0.2, 0.25) is 5.82 Å². The number of aromatic nitrogens is 3. The summed E-state index contributed by atoms with van der Waals surface area (Å²) in [6, 6.07) is 1.48. The summed E-state index contributed by atoms with van der Waals surface area (Å²) in [5.41, 5.74) is 2.16. The molecule has 2 aromatic heterocycles. The predicted molar refractivity (Wildman–Crippen MR) is 62.2 cm³/mol. The molecule has 2 heterocycles. The zero-order valence-electron chi connectivity index (χ0n) is 9.39. The van der Waals surface area contributed by atoms with Crippen molar-refractivity contribution in [1.29, 1.82) is 0 Å². The van der Waals surface area contributed by atoms with E-state index >= 15 is 0 Å². The highest BCUT2D eigenvalue weighted by molar-refractivity contribution is 5.66. The third-order valence-corrected chi connectivity index (χ3v) is 2.28. The molecule has 7 heteroatoms. The zero-order chi connectivity index (χ0) is 12.4. The molecular weight excluding hydrogens is 222 g/mol. The van der Waals surface area contributed by atoms with Crippen LogP contribution >= 0.6 is 0 Å². The maximum Gasteiger partial charge on any atom is 0.311 e.